The van der Waals surface area contributed by atoms with Gasteiger partial charge in [0.25, 0.3) is 5.91 Å². The van der Waals surface area contributed by atoms with E-state index in [1.165, 1.54) is 24.5 Å². The van der Waals surface area contributed by atoms with Crippen molar-refractivity contribution in [1.82, 2.24) is 15.0 Å². The second-order valence-electron chi connectivity index (χ2n) is 6.10. The third kappa shape index (κ3) is 3.93. The summed E-state index contributed by atoms with van der Waals surface area (Å²) in [6, 6.07) is 15.5. The van der Waals surface area contributed by atoms with Crippen LogP contribution in [0.5, 0.6) is 0 Å². The molecule has 0 saturated heterocycles. The van der Waals surface area contributed by atoms with Crippen LogP contribution < -0.4 is 10.6 Å². The lowest BCUT2D eigenvalue weighted by atomic mass is 10.2. The van der Waals surface area contributed by atoms with Crippen molar-refractivity contribution >= 4 is 28.3 Å². The number of amides is 1. The normalized spacial score (nSPS) is 10.6. The van der Waals surface area contributed by atoms with Gasteiger partial charge in [0.05, 0.1) is 23.6 Å². The van der Waals surface area contributed by atoms with Crippen molar-refractivity contribution in [3.05, 3.63) is 90.3 Å². The lowest BCUT2D eigenvalue weighted by Gasteiger charge is -2.08. The van der Waals surface area contributed by atoms with Crippen LogP contribution in [0.15, 0.2) is 73.2 Å². The molecule has 0 aliphatic heterocycles. The second kappa shape index (κ2) is 7.79. The van der Waals surface area contributed by atoms with E-state index in [1.54, 1.807) is 24.4 Å². The average Bonchev–Trinajstić information content (AvgIpc) is 2.74. The first kappa shape index (κ1) is 17.5. The quantitative estimate of drug-likeness (QED) is 0.552. The molecule has 0 fully saturated rings. The first-order valence-electron chi connectivity index (χ1n) is 8.64. The highest BCUT2D eigenvalue weighted by molar-refractivity contribution is 6.07. The van der Waals surface area contributed by atoms with Gasteiger partial charge in [-0.05, 0) is 29.8 Å². The molecule has 0 atom stereocenters. The molecule has 138 valence electrons. The highest BCUT2D eigenvalue weighted by atomic mass is 19.1. The number of carbonyl (C=O) groups is 1. The molecule has 1 amide bonds. The summed E-state index contributed by atoms with van der Waals surface area (Å²) in [5.41, 5.74) is 2.43. The van der Waals surface area contributed by atoms with Crippen LogP contribution in [0, 0.1) is 5.82 Å². The predicted molar refractivity (Wildman–Crippen MR) is 105 cm³/mol. The molecule has 0 bridgehead atoms. The molecule has 4 aromatic rings. The summed E-state index contributed by atoms with van der Waals surface area (Å²) in [6.07, 6.45) is 4.57. The molecule has 0 aliphatic rings. The van der Waals surface area contributed by atoms with Gasteiger partial charge in [0.15, 0.2) is 0 Å². The van der Waals surface area contributed by atoms with Gasteiger partial charge in [-0.25, -0.2) is 14.4 Å². The summed E-state index contributed by atoms with van der Waals surface area (Å²) in [5.74, 6) is -0.122. The highest BCUT2D eigenvalue weighted by Gasteiger charge is 2.11. The van der Waals surface area contributed by atoms with Gasteiger partial charge >= 0.3 is 0 Å². The Hall–Kier alpha value is -3.87. The van der Waals surface area contributed by atoms with E-state index in [1.807, 2.05) is 24.3 Å². The number of fused-ring (bicyclic) bond motifs is 1. The van der Waals surface area contributed by atoms with Gasteiger partial charge in [-0.3, -0.25) is 9.78 Å². The van der Waals surface area contributed by atoms with Crippen LogP contribution in [0.1, 0.15) is 16.1 Å². The Kier molecular flexibility index (Phi) is 4.88. The van der Waals surface area contributed by atoms with Gasteiger partial charge in [0, 0.05) is 18.1 Å². The lowest BCUT2D eigenvalue weighted by molar-refractivity contribution is 0.102. The minimum absolute atomic E-state index is 0.195. The number of benzene rings is 2. The van der Waals surface area contributed by atoms with E-state index in [2.05, 4.69) is 25.6 Å². The monoisotopic (exact) mass is 373 g/mol. The maximum Gasteiger partial charge on any atom is 0.275 e. The van der Waals surface area contributed by atoms with E-state index in [0.717, 1.165) is 10.9 Å². The number of aromatic nitrogens is 3. The van der Waals surface area contributed by atoms with E-state index < -0.39 is 0 Å². The molecule has 0 radical (unpaired) electrons. The SMILES string of the molecule is O=C(Nc1cccc2cccnc12)c1cnc(NCc2ccc(F)cc2)cn1. The fourth-order valence-electron chi connectivity index (χ4n) is 2.72. The summed E-state index contributed by atoms with van der Waals surface area (Å²) < 4.78 is 12.9. The summed E-state index contributed by atoms with van der Waals surface area (Å²) in [5, 5.41) is 6.84. The fourth-order valence-corrected chi connectivity index (χ4v) is 2.72. The van der Waals surface area contributed by atoms with Crippen LogP contribution >= 0.6 is 0 Å². The van der Waals surface area contributed by atoms with Crippen LogP contribution in [-0.2, 0) is 6.54 Å². The van der Waals surface area contributed by atoms with Crippen LogP contribution in [0.2, 0.25) is 0 Å². The van der Waals surface area contributed by atoms with Crippen LogP contribution in [0.4, 0.5) is 15.9 Å². The smallest absolute Gasteiger partial charge is 0.275 e. The van der Waals surface area contributed by atoms with Gasteiger partial charge < -0.3 is 10.6 Å². The molecule has 2 aromatic heterocycles. The van der Waals surface area contributed by atoms with Gasteiger partial charge in [0.1, 0.15) is 17.3 Å². The number of hydrogen-bond acceptors (Lipinski definition) is 5. The Balaban J connectivity index is 1.43. The van der Waals surface area contributed by atoms with Gasteiger partial charge in [-0.2, -0.15) is 0 Å². The van der Waals surface area contributed by atoms with E-state index >= 15 is 0 Å². The van der Waals surface area contributed by atoms with E-state index in [-0.39, 0.29) is 17.4 Å². The number of para-hydroxylation sites is 1. The molecule has 4 rings (SSSR count). The number of carbonyl (C=O) groups excluding carboxylic acids is 1. The van der Waals surface area contributed by atoms with Crippen LogP contribution in [-0.4, -0.2) is 20.9 Å². The van der Waals surface area contributed by atoms with Crippen molar-refractivity contribution in [2.24, 2.45) is 0 Å². The molecule has 2 N–H and O–H groups in total. The van der Waals surface area contributed by atoms with E-state index in [0.29, 0.717) is 23.6 Å². The Morgan fingerprint density at radius 2 is 1.75 bits per heavy atom. The van der Waals surface area contributed by atoms with Crippen molar-refractivity contribution < 1.29 is 9.18 Å². The van der Waals surface area contributed by atoms with Gasteiger partial charge in [-0.15, -0.1) is 0 Å². The molecule has 0 unspecified atom stereocenters. The maximum atomic E-state index is 12.9. The molecule has 2 heterocycles. The average molecular weight is 373 g/mol. The lowest BCUT2D eigenvalue weighted by Crippen LogP contribution is -2.15. The predicted octanol–water partition coefficient (Wildman–Crippen LogP) is 4.03. The number of nitrogens with zero attached hydrogens (tertiary/aromatic N) is 3. The number of rotatable bonds is 5. The fraction of sp³-hybridized carbons (Fsp3) is 0.0476. The van der Waals surface area contributed by atoms with Crippen molar-refractivity contribution in [3.63, 3.8) is 0 Å². The number of pyridine rings is 1. The van der Waals surface area contributed by atoms with E-state index in [4.69, 9.17) is 0 Å². The molecule has 0 spiro atoms. The third-order valence-electron chi connectivity index (χ3n) is 4.15. The van der Waals surface area contributed by atoms with Crippen molar-refractivity contribution in [1.29, 1.82) is 0 Å². The largest absolute Gasteiger partial charge is 0.365 e. The molecule has 0 aliphatic carbocycles. The molecular weight excluding hydrogens is 357 g/mol. The van der Waals surface area contributed by atoms with Crippen LogP contribution in [0.3, 0.4) is 0 Å². The zero-order valence-corrected chi connectivity index (χ0v) is 14.8. The minimum atomic E-state index is -0.365. The molecule has 2 aromatic carbocycles. The number of nitrogens with one attached hydrogen (secondary N) is 2. The maximum absolute atomic E-state index is 12.9. The summed E-state index contributed by atoms with van der Waals surface area (Å²) >= 11 is 0. The first-order chi connectivity index (χ1) is 13.7. The topological polar surface area (TPSA) is 79.8 Å². The van der Waals surface area contributed by atoms with Crippen LogP contribution in [0.25, 0.3) is 10.9 Å². The molecule has 28 heavy (non-hydrogen) atoms. The van der Waals surface area contributed by atoms with Crippen molar-refractivity contribution in [2.75, 3.05) is 10.6 Å². The zero-order chi connectivity index (χ0) is 19.3. The molecule has 0 saturated carbocycles. The number of hydrogen-bond donors (Lipinski definition) is 2. The Morgan fingerprint density at radius 1 is 0.929 bits per heavy atom. The van der Waals surface area contributed by atoms with E-state index in [9.17, 15) is 9.18 Å². The highest BCUT2D eigenvalue weighted by Crippen LogP contribution is 2.21. The zero-order valence-electron chi connectivity index (χ0n) is 14.8. The summed E-state index contributed by atoms with van der Waals surface area (Å²) in [6.45, 7) is 0.474. The van der Waals surface area contributed by atoms with Crippen molar-refractivity contribution in [3.8, 4) is 0 Å². The summed E-state index contributed by atoms with van der Waals surface area (Å²) in [7, 11) is 0. The molecular formula is C21H16FN5O. The molecule has 7 heteroatoms. The summed E-state index contributed by atoms with van der Waals surface area (Å²) in [4.78, 5) is 25.2. The van der Waals surface area contributed by atoms with Gasteiger partial charge in [-0.1, -0.05) is 30.3 Å². The number of anilines is 2. The number of halogens is 1. The third-order valence-corrected chi connectivity index (χ3v) is 4.15. The second-order valence-corrected chi connectivity index (χ2v) is 6.10. The Bertz CT molecular complexity index is 1110. The minimum Gasteiger partial charge on any atom is -0.365 e. The molecule has 6 nitrogen and oxygen atoms in total. The standard InChI is InChI=1S/C21H16FN5O/c22-16-8-6-14(7-9-16)11-25-19-13-24-18(12-26-19)21(28)27-17-5-1-3-15-4-2-10-23-20(15)17/h1-10,12-13H,11H2,(H,25,26)(H,27,28). The van der Waals surface area contributed by atoms with Gasteiger partial charge in [0.2, 0.25) is 0 Å². The Morgan fingerprint density at radius 3 is 2.54 bits per heavy atom. The Labute approximate surface area is 160 Å². The van der Waals surface area contributed by atoms with Crippen molar-refractivity contribution in [2.45, 2.75) is 6.54 Å². The first-order valence-corrected chi connectivity index (χ1v) is 8.64.